The highest BCUT2D eigenvalue weighted by Crippen LogP contribution is 2.50. The molecule has 130 valence electrons. The number of anilines is 1. The summed E-state index contributed by atoms with van der Waals surface area (Å²) in [6, 6.07) is 2.91. The molecule has 1 N–H and O–H groups in total. The molecule has 1 amide bonds. The molecule has 3 nitrogen and oxygen atoms in total. The smallest absolute Gasteiger partial charge is 0.369 e. The van der Waals surface area contributed by atoms with Crippen LogP contribution in [0.2, 0.25) is 0 Å². The van der Waals surface area contributed by atoms with Crippen LogP contribution in [-0.2, 0) is 10.4 Å². The van der Waals surface area contributed by atoms with E-state index in [1.807, 2.05) is 0 Å². The highest BCUT2D eigenvalue weighted by molar-refractivity contribution is 5.93. The molecule has 0 fully saturated rings. The molecule has 0 aliphatic carbocycles. The van der Waals surface area contributed by atoms with Crippen molar-refractivity contribution < 1.29 is 36.2 Å². The number of alkyl halides is 6. The van der Waals surface area contributed by atoms with Gasteiger partial charge in [-0.3, -0.25) is 4.79 Å². The lowest BCUT2D eigenvalue weighted by molar-refractivity contribution is -0.376. The van der Waals surface area contributed by atoms with Gasteiger partial charge in [0.05, 0.1) is 0 Å². The maximum atomic E-state index is 12.8. The number of carbonyl (C=O) groups is 1. The van der Waals surface area contributed by atoms with Gasteiger partial charge in [-0.25, -0.2) is 0 Å². The van der Waals surface area contributed by atoms with E-state index in [0.29, 0.717) is 12.1 Å². The van der Waals surface area contributed by atoms with E-state index in [0.717, 1.165) is 12.1 Å². The van der Waals surface area contributed by atoms with Gasteiger partial charge in [-0.05, 0) is 19.1 Å². The molecule has 0 atom stereocenters. The predicted octanol–water partition coefficient (Wildman–Crippen LogP) is 3.76. The second-order valence-electron chi connectivity index (χ2n) is 4.74. The first-order valence-corrected chi connectivity index (χ1v) is 6.66. The van der Waals surface area contributed by atoms with E-state index in [1.165, 1.54) is 4.90 Å². The minimum atomic E-state index is -5.93. The van der Waals surface area contributed by atoms with Crippen LogP contribution in [0.3, 0.4) is 0 Å². The molecule has 1 aromatic carbocycles. The lowest BCUT2D eigenvalue weighted by atomic mass is 9.92. The molecule has 0 saturated carbocycles. The van der Waals surface area contributed by atoms with Crippen molar-refractivity contribution in [1.29, 1.82) is 0 Å². The van der Waals surface area contributed by atoms with Crippen LogP contribution in [0.1, 0.15) is 25.8 Å². The Labute approximate surface area is 128 Å². The molecular weight excluding hydrogens is 328 g/mol. The quantitative estimate of drug-likeness (QED) is 0.846. The number of nitrogens with zero attached hydrogens (tertiary/aromatic N) is 1. The van der Waals surface area contributed by atoms with E-state index in [-0.39, 0.29) is 24.6 Å². The molecule has 1 aromatic rings. The molecule has 0 aliphatic heterocycles. The zero-order valence-corrected chi connectivity index (χ0v) is 12.3. The first-order valence-electron chi connectivity index (χ1n) is 6.66. The van der Waals surface area contributed by atoms with E-state index < -0.39 is 23.5 Å². The van der Waals surface area contributed by atoms with E-state index in [1.54, 1.807) is 13.8 Å². The first-order chi connectivity index (χ1) is 10.4. The maximum absolute atomic E-state index is 12.8. The van der Waals surface area contributed by atoms with Crippen LogP contribution in [0.25, 0.3) is 0 Å². The Morgan fingerprint density at radius 3 is 1.74 bits per heavy atom. The average Bonchev–Trinajstić information content (AvgIpc) is 2.45. The second-order valence-corrected chi connectivity index (χ2v) is 4.74. The van der Waals surface area contributed by atoms with Crippen LogP contribution in [-0.4, -0.2) is 29.9 Å². The van der Waals surface area contributed by atoms with Gasteiger partial charge in [-0.2, -0.15) is 26.3 Å². The Kier molecular flexibility index (Phi) is 5.35. The van der Waals surface area contributed by atoms with Gasteiger partial charge in [0.25, 0.3) is 5.60 Å². The monoisotopic (exact) mass is 343 g/mol. The van der Waals surface area contributed by atoms with Gasteiger partial charge < -0.3 is 10.0 Å². The molecule has 1 rings (SSSR count). The minimum absolute atomic E-state index is 0.130. The molecule has 9 heteroatoms. The molecule has 0 aliphatic rings. The molecular formula is C14H15F6NO2. The summed E-state index contributed by atoms with van der Waals surface area (Å²) in [7, 11) is 0. The van der Waals surface area contributed by atoms with Gasteiger partial charge in [0, 0.05) is 24.2 Å². The summed E-state index contributed by atoms with van der Waals surface area (Å²) < 4.78 is 76.6. The van der Waals surface area contributed by atoms with Crippen molar-refractivity contribution in [3.63, 3.8) is 0 Å². The minimum Gasteiger partial charge on any atom is -0.369 e. The number of carbonyl (C=O) groups excluding carboxylic acids is 1. The number of amides is 1. The van der Waals surface area contributed by atoms with Crippen LogP contribution in [0, 0.1) is 0 Å². The van der Waals surface area contributed by atoms with Gasteiger partial charge in [0.1, 0.15) is 0 Å². The zero-order valence-electron chi connectivity index (χ0n) is 12.3. The van der Waals surface area contributed by atoms with Crippen molar-refractivity contribution in [2.24, 2.45) is 0 Å². The Morgan fingerprint density at radius 2 is 1.43 bits per heavy atom. The topological polar surface area (TPSA) is 40.5 Å². The van der Waals surface area contributed by atoms with E-state index in [2.05, 4.69) is 0 Å². The summed E-state index contributed by atoms with van der Waals surface area (Å²) >= 11 is 0. The lowest BCUT2D eigenvalue weighted by Crippen LogP contribution is -2.53. The Bertz CT molecular complexity index is 536. The van der Waals surface area contributed by atoms with Gasteiger partial charge >= 0.3 is 12.4 Å². The predicted molar refractivity (Wildman–Crippen MR) is 70.8 cm³/mol. The highest BCUT2D eigenvalue weighted by atomic mass is 19.4. The summed E-state index contributed by atoms with van der Waals surface area (Å²) in [6.45, 7) is 3.39. The zero-order chi connectivity index (χ0) is 18.1. The fraction of sp³-hybridized carbons (Fsp3) is 0.500. The summed E-state index contributed by atoms with van der Waals surface area (Å²) in [4.78, 5) is 12.9. The third-order valence-electron chi connectivity index (χ3n) is 3.34. The number of benzene rings is 1. The molecule has 0 bridgehead atoms. The fourth-order valence-corrected chi connectivity index (χ4v) is 2.06. The molecule has 0 saturated heterocycles. The van der Waals surface area contributed by atoms with Gasteiger partial charge in [0.15, 0.2) is 0 Å². The molecule has 0 aromatic heterocycles. The third-order valence-corrected chi connectivity index (χ3v) is 3.34. The summed E-state index contributed by atoms with van der Waals surface area (Å²) in [5.41, 5.74) is -6.18. The summed E-state index contributed by atoms with van der Waals surface area (Å²) in [6.07, 6.45) is -11.7. The fourth-order valence-electron chi connectivity index (χ4n) is 2.06. The van der Waals surface area contributed by atoms with Gasteiger partial charge in [-0.1, -0.05) is 19.1 Å². The van der Waals surface area contributed by atoms with Crippen LogP contribution in [0.15, 0.2) is 24.3 Å². The molecule has 23 heavy (non-hydrogen) atoms. The Hall–Kier alpha value is -1.77. The summed E-state index contributed by atoms with van der Waals surface area (Å²) in [5.74, 6) is -0.331. The molecule has 0 spiro atoms. The van der Waals surface area contributed by atoms with Crippen LogP contribution >= 0.6 is 0 Å². The maximum Gasteiger partial charge on any atom is 0.430 e. The van der Waals surface area contributed by atoms with Gasteiger partial charge in [-0.15, -0.1) is 0 Å². The molecule has 0 radical (unpaired) electrons. The van der Waals surface area contributed by atoms with Crippen molar-refractivity contribution in [2.75, 3.05) is 11.4 Å². The number of hydrogen-bond acceptors (Lipinski definition) is 2. The number of halogens is 6. The van der Waals surface area contributed by atoms with E-state index >= 15 is 0 Å². The number of rotatable bonds is 4. The normalized spacial score (nSPS) is 13.1. The van der Waals surface area contributed by atoms with Crippen molar-refractivity contribution in [1.82, 2.24) is 0 Å². The van der Waals surface area contributed by atoms with Crippen molar-refractivity contribution in [2.45, 2.75) is 38.2 Å². The summed E-state index contributed by atoms with van der Waals surface area (Å²) in [5, 5.41) is 9.27. The van der Waals surface area contributed by atoms with E-state index in [4.69, 9.17) is 0 Å². The van der Waals surface area contributed by atoms with Crippen LogP contribution in [0.5, 0.6) is 0 Å². The largest absolute Gasteiger partial charge is 0.430 e. The standard InChI is InChI=1S/C14H15F6NO2/c1-3-11(22)21(4-2)10-7-5-9(6-8-10)12(23,13(15,16)17)14(18,19)20/h5-8,23H,3-4H2,1-2H3. The van der Waals surface area contributed by atoms with Gasteiger partial charge in [0.2, 0.25) is 5.91 Å². The molecule has 0 unspecified atom stereocenters. The molecule has 0 heterocycles. The average molecular weight is 343 g/mol. The van der Waals surface area contributed by atoms with E-state index in [9.17, 15) is 36.2 Å². The van der Waals surface area contributed by atoms with Crippen molar-refractivity contribution >= 4 is 11.6 Å². The number of aliphatic hydroxyl groups is 1. The lowest BCUT2D eigenvalue weighted by Gasteiger charge is -2.33. The Morgan fingerprint density at radius 1 is 1.00 bits per heavy atom. The van der Waals surface area contributed by atoms with Crippen molar-refractivity contribution in [3.05, 3.63) is 29.8 Å². The second kappa shape index (κ2) is 6.38. The third kappa shape index (κ3) is 3.44. The first kappa shape index (κ1) is 19.3. The van der Waals surface area contributed by atoms with Crippen molar-refractivity contribution in [3.8, 4) is 0 Å². The SMILES string of the molecule is CCC(=O)N(CC)c1ccc(C(O)(C(F)(F)F)C(F)(F)F)cc1. The van der Waals surface area contributed by atoms with Crippen LogP contribution in [0.4, 0.5) is 32.0 Å². The van der Waals surface area contributed by atoms with Crippen LogP contribution < -0.4 is 4.90 Å². The highest BCUT2D eigenvalue weighted by Gasteiger charge is 2.71. The Balaban J connectivity index is 3.33. The number of hydrogen-bond donors (Lipinski definition) is 1.